The van der Waals surface area contributed by atoms with Gasteiger partial charge >= 0.3 is 0 Å². The summed E-state index contributed by atoms with van der Waals surface area (Å²) >= 11 is 6.37. The number of hydrogen-bond acceptors (Lipinski definition) is 2. The summed E-state index contributed by atoms with van der Waals surface area (Å²) < 4.78 is 6.49. The molecule has 2 nitrogen and oxygen atoms in total. The zero-order valence-electron chi connectivity index (χ0n) is 11.8. The van der Waals surface area contributed by atoms with Crippen LogP contribution in [0.4, 0.5) is 0 Å². The Bertz CT molecular complexity index is 328. The maximum atomic E-state index is 6.49. The van der Waals surface area contributed by atoms with Crippen LogP contribution in [-0.4, -0.2) is 40.6 Å². The highest BCUT2D eigenvalue weighted by Crippen LogP contribution is 2.45. The zero-order chi connectivity index (χ0) is 12.9. The van der Waals surface area contributed by atoms with E-state index in [1.165, 1.54) is 70.8 Å². The first kappa shape index (κ1) is 12.9. The number of ether oxygens (including phenoxy) is 1. The van der Waals surface area contributed by atoms with Gasteiger partial charge in [0.15, 0.2) is 0 Å². The number of fused-ring (bicyclic) bond motifs is 2. The van der Waals surface area contributed by atoms with Gasteiger partial charge in [-0.3, -0.25) is 4.90 Å². The van der Waals surface area contributed by atoms with Gasteiger partial charge in [-0.1, -0.05) is 12.8 Å². The maximum absolute atomic E-state index is 6.49. The Balaban J connectivity index is 1.38. The topological polar surface area (TPSA) is 12.5 Å². The normalized spacial score (nSPS) is 45.3. The number of piperidine rings is 1. The third-order valence-corrected chi connectivity index (χ3v) is 6.45. The first-order valence-electron chi connectivity index (χ1n) is 8.32. The molecule has 2 bridgehead atoms. The molecule has 0 aromatic carbocycles. The summed E-state index contributed by atoms with van der Waals surface area (Å²) in [5.41, 5.74) is 0.300. The van der Waals surface area contributed by atoms with Crippen molar-refractivity contribution in [2.45, 2.75) is 93.4 Å². The van der Waals surface area contributed by atoms with E-state index in [1.807, 2.05) is 0 Å². The summed E-state index contributed by atoms with van der Waals surface area (Å²) in [6.07, 6.45) is 13.7. The molecule has 1 saturated carbocycles. The van der Waals surface area contributed by atoms with Crippen molar-refractivity contribution in [3.8, 4) is 0 Å². The molecule has 4 aliphatic rings. The molecule has 0 aromatic heterocycles. The molecule has 3 heterocycles. The van der Waals surface area contributed by atoms with Gasteiger partial charge < -0.3 is 4.74 Å². The predicted octanol–water partition coefficient (Wildman–Crippen LogP) is 3.71. The minimum atomic E-state index is 0.300. The standard InChI is InChI=1S/C16H26ClNO/c17-12-9-13-3-4-14(10-12)18(13)11-15-5-8-16(19-15)6-1-2-7-16/h12-15H,1-11H2. The molecule has 19 heavy (non-hydrogen) atoms. The Hall–Kier alpha value is 0.210. The van der Waals surface area contributed by atoms with Crippen LogP contribution in [0.25, 0.3) is 0 Å². The highest BCUT2D eigenvalue weighted by molar-refractivity contribution is 6.20. The van der Waals surface area contributed by atoms with E-state index < -0.39 is 0 Å². The molecule has 4 fully saturated rings. The van der Waals surface area contributed by atoms with Gasteiger partial charge in [0.1, 0.15) is 0 Å². The second kappa shape index (κ2) is 4.89. The molecule has 3 unspecified atom stereocenters. The van der Waals surface area contributed by atoms with Crippen LogP contribution in [0.1, 0.15) is 64.2 Å². The van der Waals surface area contributed by atoms with Crippen LogP contribution in [0, 0.1) is 0 Å². The first-order valence-corrected chi connectivity index (χ1v) is 8.75. The van der Waals surface area contributed by atoms with Crippen LogP contribution < -0.4 is 0 Å². The molecule has 0 amide bonds. The van der Waals surface area contributed by atoms with Crippen molar-refractivity contribution in [1.29, 1.82) is 0 Å². The van der Waals surface area contributed by atoms with Crippen LogP contribution >= 0.6 is 11.6 Å². The summed E-state index contributed by atoms with van der Waals surface area (Å²) in [7, 11) is 0. The summed E-state index contributed by atoms with van der Waals surface area (Å²) in [5.74, 6) is 0. The van der Waals surface area contributed by atoms with Gasteiger partial charge in [-0.2, -0.15) is 0 Å². The number of hydrogen-bond donors (Lipinski definition) is 0. The number of nitrogens with zero attached hydrogens (tertiary/aromatic N) is 1. The molecule has 0 aromatic rings. The molecule has 0 N–H and O–H groups in total. The van der Waals surface area contributed by atoms with Gasteiger partial charge in [0.25, 0.3) is 0 Å². The second-order valence-corrected chi connectivity index (χ2v) is 7.94. The third kappa shape index (κ3) is 2.34. The quantitative estimate of drug-likeness (QED) is 0.716. The van der Waals surface area contributed by atoms with Gasteiger partial charge in [-0.25, -0.2) is 0 Å². The average molecular weight is 284 g/mol. The van der Waals surface area contributed by atoms with E-state index in [0.717, 1.165) is 12.1 Å². The van der Waals surface area contributed by atoms with Crippen molar-refractivity contribution in [3.05, 3.63) is 0 Å². The maximum Gasteiger partial charge on any atom is 0.0710 e. The molecule has 1 aliphatic carbocycles. The summed E-state index contributed by atoms with van der Waals surface area (Å²) in [6, 6.07) is 1.51. The lowest BCUT2D eigenvalue weighted by Crippen LogP contribution is -2.47. The number of alkyl halides is 1. The lowest BCUT2D eigenvalue weighted by Gasteiger charge is -2.38. The summed E-state index contributed by atoms with van der Waals surface area (Å²) in [5, 5.41) is 0.430. The molecule has 0 radical (unpaired) electrons. The molecule has 108 valence electrons. The summed E-state index contributed by atoms with van der Waals surface area (Å²) in [6.45, 7) is 1.18. The van der Waals surface area contributed by atoms with E-state index in [2.05, 4.69) is 4.90 Å². The molecule has 3 heteroatoms. The number of halogens is 1. The van der Waals surface area contributed by atoms with E-state index in [9.17, 15) is 0 Å². The SMILES string of the molecule is ClC1CC2CCC(C1)N2CC1CCC2(CCCC2)O1. The Morgan fingerprint density at radius 1 is 1.00 bits per heavy atom. The zero-order valence-corrected chi connectivity index (χ0v) is 12.6. The first-order chi connectivity index (χ1) is 9.24. The fraction of sp³-hybridized carbons (Fsp3) is 1.00. The lowest BCUT2D eigenvalue weighted by molar-refractivity contribution is -0.0551. The Morgan fingerprint density at radius 3 is 2.37 bits per heavy atom. The number of rotatable bonds is 2. The van der Waals surface area contributed by atoms with E-state index in [4.69, 9.17) is 16.3 Å². The molecule has 4 rings (SSSR count). The monoisotopic (exact) mass is 283 g/mol. The fourth-order valence-corrected chi connectivity index (χ4v) is 5.56. The van der Waals surface area contributed by atoms with E-state index in [-0.39, 0.29) is 0 Å². The molecule has 3 atom stereocenters. The summed E-state index contributed by atoms with van der Waals surface area (Å²) in [4.78, 5) is 2.75. The highest BCUT2D eigenvalue weighted by atomic mass is 35.5. The fourth-order valence-electron chi connectivity index (χ4n) is 5.15. The Labute approximate surface area is 121 Å². The van der Waals surface area contributed by atoms with Crippen LogP contribution in [0.3, 0.4) is 0 Å². The molecular weight excluding hydrogens is 258 g/mol. The van der Waals surface area contributed by atoms with Crippen molar-refractivity contribution in [3.63, 3.8) is 0 Å². The van der Waals surface area contributed by atoms with Gasteiger partial charge in [-0.05, 0) is 51.4 Å². The van der Waals surface area contributed by atoms with Crippen molar-refractivity contribution in [2.24, 2.45) is 0 Å². The van der Waals surface area contributed by atoms with Crippen LogP contribution in [0.15, 0.2) is 0 Å². The van der Waals surface area contributed by atoms with Crippen LogP contribution in [0.5, 0.6) is 0 Å². The van der Waals surface area contributed by atoms with Gasteiger partial charge in [0.05, 0.1) is 11.7 Å². The second-order valence-electron chi connectivity index (χ2n) is 7.32. The van der Waals surface area contributed by atoms with Crippen molar-refractivity contribution in [1.82, 2.24) is 4.90 Å². The van der Waals surface area contributed by atoms with E-state index >= 15 is 0 Å². The largest absolute Gasteiger partial charge is 0.370 e. The van der Waals surface area contributed by atoms with Crippen LogP contribution in [0.2, 0.25) is 0 Å². The van der Waals surface area contributed by atoms with Gasteiger partial charge in [0, 0.05) is 24.0 Å². The van der Waals surface area contributed by atoms with Gasteiger partial charge in [-0.15, -0.1) is 11.6 Å². The highest BCUT2D eigenvalue weighted by Gasteiger charge is 2.45. The minimum Gasteiger partial charge on any atom is -0.370 e. The molecule has 1 spiro atoms. The van der Waals surface area contributed by atoms with Crippen LogP contribution in [-0.2, 0) is 4.74 Å². The molecule has 3 saturated heterocycles. The lowest BCUT2D eigenvalue weighted by atomic mass is 9.98. The molecular formula is C16H26ClNO. The Kier molecular flexibility index (Phi) is 3.32. The van der Waals surface area contributed by atoms with Crippen molar-refractivity contribution >= 4 is 11.6 Å². The molecule has 3 aliphatic heterocycles. The third-order valence-electron chi connectivity index (χ3n) is 6.09. The van der Waals surface area contributed by atoms with Crippen molar-refractivity contribution < 1.29 is 4.74 Å². The minimum absolute atomic E-state index is 0.300. The van der Waals surface area contributed by atoms with E-state index in [1.54, 1.807) is 0 Å². The smallest absolute Gasteiger partial charge is 0.0710 e. The van der Waals surface area contributed by atoms with E-state index in [0.29, 0.717) is 17.1 Å². The Morgan fingerprint density at radius 2 is 1.68 bits per heavy atom. The predicted molar refractivity (Wildman–Crippen MR) is 77.7 cm³/mol. The van der Waals surface area contributed by atoms with Gasteiger partial charge in [0.2, 0.25) is 0 Å². The average Bonchev–Trinajstić information content (AvgIpc) is 3.05. The van der Waals surface area contributed by atoms with Crippen molar-refractivity contribution in [2.75, 3.05) is 6.54 Å².